The number of carbonyl (C=O) groups excluding carboxylic acids is 1. The fourth-order valence-corrected chi connectivity index (χ4v) is 4.36. The van der Waals surface area contributed by atoms with Crippen LogP contribution in [0, 0.1) is 5.92 Å². The van der Waals surface area contributed by atoms with Gasteiger partial charge in [-0.1, -0.05) is 13.0 Å². The molecule has 1 unspecified atom stereocenters. The Hall–Kier alpha value is -1.59. The third kappa shape index (κ3) is 6.51. The van der Waals surface area contributed by atoms with Crippen molar-refractivity contribution in [3.05, 3.63) is 30.2 Å². The maximum absolute atomic E-state index is 12.2. The molecular weight excluding hydrogens is 338 g/mol. The van der Waals surface area contributed by atoms with Gasteiger partial charge in [0.15, 0.2) is 0 Å². The Bertz CT molecular complexity index is 576. The number of likely N-dealkylation sites (N-methyl/N-ethyl adjacent to an activating group) is 1. The molecule has 1 amide bonds. The van der Waals surface area contributed by atoms with Crippen molar-refractivity contribution in [3.8, 4) is 0 Å². The molecule has 0 radical (unpaired) electrons. The molecular formula is C22H35N3O2. The van der Waals surface area contributed by atoms with E-state index in [1.165, 1.54) is 32.2 Å². The van der Waals surface area contributed by atoms with Gasteiger partial charge in [-0.25, -0.2) is 0 Å². The number of likely N-dealkylation sites (tertiary alicyclic amines) is 2. The first-order chi connectivity index (χ1) is 13.2. The molecule has 0 saturated carbocycles. The van der Waals surface area contributed by atoms with Crippen molar-refractivity contribution in [2.75, 3.05) is 39.3 Å². The number of nitrogens with zero attached hydrogens (tertiary/aromatic N) is 2. The molecule has 1 aromatic heterocycles. The van der Waals surface area contributed by atoms with Crippen LogP contribution in [0.1, 0.15) is 51.2 Å². The van der Waals surface area contributed by atoms with Crippen molar-refractivity contribution in [2.24, 2.45) is 5.92 Å². The van der Waals surface area contributed by atoms with Crippen molar-refractivity contribution in [1.29, 1.82) is 0 Å². The second kappa shape index (κ2) is 10.7. The van der Waals surface area contributed by atoms with E-state index in [9.17, 15) is 4.79 Å². The van der Waals surface area contributed by atoms with Crippen LogP contribution in [0.4, 0.5) is 0 Å². The lowest BCUT2D eigenvalue weighted by molar-refractivity contribution is -0.121. The van der Waals surface area contributed by atoms with Crippen molar-refractivity contribution < 1.29 is 9.21 Å². The lowest BCUT2D eigenvalue weighted by Crippen LogP contribution is -2.40. The number of hydrogen-bond donors (Lipinski definition) is 1. The monoisotopic (exact) mass is 373 g/mol. The Morgan fingerprint density at radius 3 is 2.89 bits per heavy atom. The Labute approximate surface area is 163 Å². The number of furan rings is 1. The smallest absolute Gasteiger partial charge is 0.220 e. The summed E-state index contributed by atoms with van der Waals surface area (Å²) in [5.74, 6) is 1.84. The molecule has 3 rings (SSSR count). The Kier molecular flexibility index (Phi) is 7.96. The predicted octanol–water partition coefficient (Wildman–Crippen LogP) is 3.39. The van der Waals surface area contributed by atoms with E-state index >= 15 is 0 Å². The van der Waals surface area contributed by atoms with Gasteiger partial charge < -0.3 is 9.73 Å². The predicted molar refractivity (Wildman–Crippen MR) is 109 cm³/mol. The van der Waals surface area contributed by atoms with Gasteiger partial charge >= 0.3 is 0 Å². The molecule has 2 saturated heterocycles. The molecule has 0 spiro atoms. The summed E-state index contributed by atoms with van der Waals surface area (Å²) in [6.07, 6.45) is 12.5. The van der Waals surface area contributed by atoms with Crippen LogP contribution >= 0.6 is 0 Å². The quantitative estimate of drug-likeness (QED) is 0.721. The third-order valence-electron chi connectivity index (χ3n) is 6.12. The molecule has 0 aliphatic carbocycles. The Morgan fingerprint density at radius 1 is 1.30 bits per heavy atom. The Morgan fingerprint density at radius 2 is 2.15 bits per heavy atom. The maximum atomic E-state index is 12.2. The van der Waals surface area contributed by atoms with Crippen LogP contribution in [0.15, 0.2) is 28.9 Å². The molecule has 150 valence electrons. The highest BCUT2D eigenvalue weighted by Crippen LogP contribution is 2.22. The average Bonchev–Trinajstić information content (AvgIpc) is 3.37. The van der Waals surface area contributed by atoms with Gasteiger partial charge in [-0.2, -0.15) is 0 Å². The molecule has 1 atom stereocenters. The molecule has 2 aliphatic rings. The summed E-state index contributed by atoms with van der Waals surface area (Å²) in [5.41, 5.74) is 0. The van der Waals surface area contributed by atoms with E-state index in [-0.39, 0.29) is 5.91 Å². The fourth-order valence-electron chi connectivity index (χ4n) is 4.36. The van der Waals surface area contributed by atoms with Gasteiger partial charge in [0.1, 0.15) is 5.76 Å². The van der Waals surface area contributed by atoms with Gasteiger partial charge in [0.05, 0.1) is 6.26 Å². The SMILES string of the molecule is CCN1CCCC1CNC(=O)CCC1CCN(CC=Cc2ccco2)CC1. The van der Waals surface area contributed by atoms with Gasteiger partial charge in [0.2, 0.25) is 5.91 Å². The number of amides is 1. The van der Waals surface area contributed by atoms with E-state index in [4.69, 9.17) is 4.42 Å². The van der Waals surface area contributed by atoms with E-state index in [2.05, 4.69) is 28.1 Å². The molecule has 1 aromatic rings. The lowest BCUT2D eigenvalue weighted by Gasteiger charge is -2.31. The second-order valence-electron chi connectivity index (χ2n) is 7.93. The van der Waals surface area contributed by atoms with Gasteiger partial charge in [-0.05, 0) is 82.4 Å². The fraction of sp³-hybridized carbons (Fsp3) is 0.682. The number of piperidine rings is 1. The first-order valence-electron chi connectivity index (χ1n) is 10.7. The summed E-state index contributed by atoms with van der Waals surface area (Å²) < 4.78 is 5.31. The normalized spacial score (nSPS) is 22.6. The van der Waals surface area contributed by atoms with Crippen LogP contribution < -0.4 is 5.32 Å². The summed E-state index contributed by atoms with van der Waals surface area (Å²) in [6, 6.07) is 4.44. The largest absolute Gasteiger partial charge is 0.465 e. The highest BCUT2D eigenvalue weighted by Gasteiger charge is 2.23. The van der Waals surface area contributed by atoms with E-state index < -0.39 is 0 Å². The zero-order chi connectivity index (χ0) is 18.9. The number of hydrogen-bond acceptors (Lipinski definition) is 4. The van der Waals surface area contributed by atoms with Gasteiger partial charge in [0.25, 0.3) is 0 Å². The minimum atomic E-state index is 0.238. The molecule has 2 fully saturated rings. The van der Waals surface area contributed by atoms with Crippen molar-refractivity contribution in [2.45, 2.75) is 51.5 Å². The van der Waals surface area contributed by atoms with Crippen molar-refractivity contribution in [1.82, 2.24) is 15.1 Å². The first kappa shape index (κ1) is 20.2. The minimum Gasteiger partial charge on any atom is -0.465 e. The Balaban J connectivity index is 1.26. The van der Waals surface area contributed by atoms with Crippen molar-refractivity contribution in [3.63, 3.8) is 0 Å². The summed E-state index contributed by atoms with van der Waals surface area (Å²) >= 11 is 0. The second-order valence-corrected chi connectivity index (χ2v) is 7.93. The van der Waals surface area contributed by atoms with Crippen LogP contribution in [0.2, 0.25) is 0 Å². The molecule has 27 heavy (non-hydrogen) atoms. The molecule has 5 nitrogen and oxygen atoms in total. The molecule has 0 aromatic carbocycles. The minimum absolute atomic E-state index is 0.238. The van der Waals surface area contributed by atoms with Gasteiger partial charge in [-0.3, -0.25) is 14.6 Å². The lowest BCUT2D eigenvalue weighted by atomic mass is 9.92. The zero-order valence-corrected chi connectivity index (χ0v) is 16.7. The topological polar surface area (TPSA) is 48.7 Å². The summed E-state index contributed by atoms with van der Waals surface area (Å²) in [7, 11) is 0. The number of carbonyl (C=O) groups is 1. The van der Waals surface area contributed by atoms with Crippen LogP contribution in [-0.2, 0) is 4.79 Å². The van der Waals surface area contributed by atoms with Crippen LogP contribution in [0.25, 0.3) is 6.08 Å². The van der Waals surface area contributed by atoms with Gasteiger partial charge in [-0.15, -0.1) is 0 Å². The number of nitrogens with one attached hydrogen (secondary N) is 1. The summed E-state index contributed by atoms with van der Waals surface area (Å²) in [4.78, 5) is 17.2. The van der Waals surface area contributed by atoms with Crippen LogP contribution in [-0.4, -0.2) is 61.0 Å². The summed E-state index contributed by atoms with van der Waals surface area (Å²) in [5, 5.41) is 3.17. The maximum Gasteiger partial charge on any atom is 0.220 e. The van der Waals surface area contributed by atoms with Crippen molar-refractivity contribution >= 4 is 12.0 Å². The van der Waals surface area contributed by atoms with Crippen LogP contribution in [0.3, 0.4) is 0 Å². The van der Waals surface area contributed by atoms with E-state index in [1.54, 1.807) is 6.26 Å². The number of rotatable bonds is 9. The third-order valence-corrected chi connectivity index (χ3v) is 6.12. The first-order valence-corrected chi connectivity index (χ1v) is 10.7. The molecule has 0 bridgehead atoms. The molecule has 5 heteroatoms. The van der Waals surface area contributed by atoms with E-state index in [0.717, 1.165) is 44.9 Å². The molecule has 2 aliphatic heterocycles. The van der Waals surface area contributed by atoms with E-state index in [1.807, 2.05) is 18.2 Å². The highest BCUT2D eigenvalue weighted by atomic mass is 16.3. The van der Waals surface area contributed by atoms with Crippen LogP contribution in [0.5, 0.6) is 0 Å². The standard InChI is InChI=1S/C22H35N3O2/c1-2-25-14-3-6-20(25)18-23-22(26)10-9-19-11-15-24(16-12-19)13-4-7-21-8-5-17-27-21/h4-5,7-8,17,19-20H,2-3,6,9-16,18H2,1H3,(H,23,26). The van der Waals surface area contributed by atoms with E-state index in [0.29, 0.717) is 18.4 Å². The zero-order valence-electron chi connectivity index (χ0n) is 16.7. The summed E-state index contributed by atoms with van der Waals surface area (Å²) in [6.45, 7) is 8.54. The van der Waals surface area contributed by atoms with Gasteiger partial charge in [0, 0.05) is 25.6 Å². The average molecular weight is 374 g/mol. The highest BCUT2D eigenvalue weighted by molar-refractivity contribution is 5.75. The molecule has 3 heterocycles. The molecule has 1 N–H and O–H groups in total.